The number of rotatable bonds is 5. The average Bonchev–Trinajstić information content (AvgIpc) is 1.89. The van der Waals surface area contributed by atoms with Crippen LogP contribution in [-0.2, 0) is 21.9 Å². The fourth-order valence-corrected chi connectivity index (χ4v) is 0.950. The van der Waals surface area contributed by atoms with E-state index in [9.17, 15) is 4.79 Å². The fourth-order valence-electron chi connectivity index (χ4n) is 0.479. The summed E-state index contributed by atoms with van der Waals surface area (Å²) in [6.45, 7) is 0. The van der Waals surface area contributed by atoms with E-state index in [0.717, 1.165) is 5.75 Å². The number of hydrogen-bond acceptors (Lipinski definition) is 4. The number of carboxylic acids is 1. The number of aliphatic carboxylic acids is 1. The van der Waals surface area contributed by atoms with E-state index >= 15 is 0 Å². The van der Waals surface area contributed by atoms with Crippen LogP contribution in [0.5, 0.6) is 0 Å². The van der Waals surface area contributed by atoms with E-state index in [1.807, 2.05) is 6.26 Å². The third kappa shape index (κ3) is 6.65. The Labute approximate surface area is 80.2 Å². The second-order valence-corrected chi connectivity index (χ2v) is 2.79. The molecule has 3 N–H and O–H groups in total. The Bertz CT molecular complexity index is 114. The van der Waals surface area contributed by atoms with Gasteiger partial charge in [-0.05, 0) is 18.4 Å². The van der Waals surface area contributed by atoms with Gasteiger partial charge < -0.3 is 10.3 Å². The van der Waals surface area contributed by atoms with E-state index < -0.39 is 12.0 Å². The number of hydrogen-bond donors (Lipinski definition) is 3. The molecule has 6 heteroatoms. The van der Waals surface area contributed by atoms with Crippen LogP contribution in [0.25, 0.3) is 0 Å². The number of hydroxylamine groups is 1. The smallest absolute Gasteiger partial charge is 0.323 e. The minimum atomic E-state index is -1.02. The molecule has 11 heavy (non-hydrogen) atoms. The molecule has 0 aliphatic carbocycles. The molecule has 0 aliphatic heterocycles. The Morgan fingerprint density at radius 1 is 1.73 bits per heavy atom. The van der Waals surface area contributed by atoms with Gasteiger partial charge in [-0.1, -0.05) is 0 Å². The van der Waals surface area contributed by atoms with Gasteiger partial charge in [-0.15, -0.1) is 0 Å². The van der Waals surface area contributed by atoms with Gasteiger partial charge in [0.15, 0.2) is 0 Å². The van der Waals surface area contributed by atoms with Crippen LogP contribution in [0.15, 0.2) is 0 Å². The summed E-state index contributed by atoms with van der Waals surface area (Å²) in [6, 6.07) is -0.826. The first-order valence-electron chi connectivity index (χ1n) is 2.83. The largest absolute Gasteiger partial charge is 0.480 e. The first-order chi connectivity index (χ1) is 4.72. The van der Waals surface area contributed by atoms with Crippen molar-refractivity contribution in [2.45, 2.75) is 12.5 Å². The summed E-state index contributed by atoms with van der Waals surface area (Å²) < 4.78 is 0. The summed E-state index contributed by atoms with van der Waals surface area (Å²) in [5.41, 5.74) is 1.72. The number of thioether (sulfide) groups is 1. The fraction of sp³-hybridized carbons (Fsp3) is 0.800. The summed E-state index contributed by atoms with van der Waals surface area (Å²) in [4.78, 5) is 10.2. The molecule has 0 aromatic heterocycles. The van der Waals surface area contributed by atoms with E-state index in [1.165, 1.54) is 0 Å². The van der Waals surface area contributed by atoms with Gasteiger partial charge >= 0.3 is 5.97 Å². The summed E-state index contributed by atoms with van der Waals surface area (Å²) in [5.74, 6) is -0.290. The zero-order valence-corrected chi connectivity index (χ0v) is 8.08. The molecule has 0 aromatic carbocycles. The average molecular weight is 220 g/mol. The normalized spacial score (nSPS) is 11.8. The maximum Gasteiger partial charge on any atom is 0.323 e. The molecule has 0 spiro atoms. The molecule has 4 nitrogen and oxygen atoms in total. The third-order valence-corrected chi connectivity index (χ3v) is 1.71. The quantitative estimate of drug-likeness (QED) is 0.455. The molecular formula is C5H11MnNO3S. The van der Waals surface area contributed by atoms with Gasteiger partial charge in [-0.25, -0.2) is 0 Å². The standard InChI is InChI=1S/C5H11NO3S.Mn/c1-10-3-2-4(6-9)5(7)8;/h4,6,9H,2-3H2,1H3,(H,7,8);/t4-;/m0./s1. The molecule has 0 aliphatic rings. The Morgan fingerprint density at radius 3 is 2.55 bits per heavy atom. The predicted molar refractivity (Wildman–Crippen MR) is 39.3 cm³/mol. The van der Waals surface area contributed by atoms with Gasteiger partial charge in [0.25, 0.3) is 0 Å². The molecule has 0 amide bonds. The zero-order chi connectivity index (χ0) is 7.98. The molecular weight excluding hydrogens is 209 g/mol. The summed E-state index contributed by atoms with van der Waals surface area (Å²) in [7, 11) is 0. The molecule has 0 heterocycles. The van der Waals surface area contributed by atoms with Gasteiger partial charge in [-0.2, -0.15) is 17.2 Å². The van der Waals surface area contributed by atoms with Crippen LogP contribution in [0.4, 0.5) is 0 Å². The van der Waals surface area contributed by atoms with Crippen LogP contribution in [0.1, 0.15) is 6.42 Å². The molecule has 0 rings (SSSR count). The van der Waals surface area contributed by atoms with Gasteiger partial charge in [0, 0.05) is 17.1 Å². The number of carbonyl (C=O) groups is 1. The van der Waals surface area contributed by atoms with Crippen molar-refractivity contribution in [3.8, 4) is 0 Å². The summed E-state index contributed by atoms with van der Waals surface area (Å²) in [6.07, 6.45) is 2.32. The zero-order valence-electron chi connectivity index (χ0n) is 6.08. The predicted octanol–water partition coefficient (Wildman–Crippen LogP) is 0.169. The van der Waals surface area contributed by atoms with Crippen molar-refractivity contribution in [1.29, 1.82) is 0 Å². The van der Waals surface area contributed by atoms with Crippen molar-refractivity contribution in [2.75, 3.05) is 12.0 Å². The van der Waals surface area contributed by atoms with Crippen LogP contribution < -0.4 is 5.48 Å². The van der Waals surface area contributed by atoms with Gasteiger partial charge in [0.1, 0.15) is 6.04 Å². The minimum Gasteiger partial charge on any atom is -0.480 e. The molecule has 0 fully saturated rings. The molecule has 0 saturated heterocycles. The van der Waals surface area contributed by atoms with Crippen LogP contribution in [0, 0.1) is 0 Å². The second kappa shape index (κ2) is 8.36. The Kier molecular flexibility index (Phi) is 10.5. The van der Waals surface area contributed by atoms with Crippen LogP contribution in [-0.4, -0.2) is 34.3 Å². The maximum absolute atomic E-state index is 10.2. The van der Waals surface area contributed by atoms with E-state index in [2.05, 4.69) is 0 Å². The molecule has 0 bridgehead atoms. The minimum absolute atomic E-state index is 0. The molecule has 1 radical (unpaired) electrons. The Hall–Kier alpha value is 0.259. The maximum atomic E-state index is 10.2. The molecule has 0 unspecified atom stereocenters. The van der Waals surface area contributed by atoms with Crippen molar-refractivity contribution >= 4 is 17.7 Å². The topological polar surface area (TPSA) is 69.6 Å². The first-order valence-corrected chi connectivity index (χ1v) is 4.23. The van der Waals surface area contributed by atoms with Crippen molar-refractivity contribution in [3.63, 3.8) is 0 Å². The van der Waals surface area contributed by atoms with E-state index in [1.54, 1.807) is 17.2 Å². The van der Waals surface area contributed by atoms with E-state index in [-0.39, 0.29) is 17.1 Å². The SMILES string of the molecule is CSCC[C@H](NO)C(=O)O.[Mn]. The van der Waals surface area contributed by atoms with E-state index in [0.29, 0.717) is 6.42 Å². The molecule has 0 saturated carbocycles. The van der Waals surface area contributed by atoms with Crippen LogP contribution in [0.3, 0.4) is 0 Å². The summed E-state index contributed by atoms with van der Waals surface area (Å²) in [5, 5.41) is 16.7. The second-order valence-electron chi connectivity index (χ2n) is 1.80. The Balaban J connectivity index is 0. The van der Waals surface area contributed by atoms with Crippen molar-refractivity contribution in [3.05, 3.63) is 0 Å². The molecule has 67 valence electrons. The number of carboxylic acid groups (broad SMARTS) is 1. The summed E-state index contributed by atoms with van der Waals surface area (Å²) >= 11 is 1.55. The van der Waals surface area contributed by atoms with Crippen LogP contribution in [0.2, 0.25) is 0 Å². The molecule has 1 atom stereocenters. The van der Waals surface area contributed by atoms with Crippen molar-refractivity contribution in [2.24, 2.45) is 0 Å². The van der Waals surface area contributed by atoms with Gasteiger partial charge in [0.05, 0.1) is 0 Å². The Morgan fingerprint density at radius 2 is 2.27 bits per heavy atom. The molecule has 0 aromatic rings. The third-order valence-electron chi connectivity index (χ3n) is 1.06. The number of nitrogens with one attached hydrogen (secondary N) is 1. The first kappa shape index (κ1) is 13.8. The van der Waals surface area contributed by atoms with Crippen molar-refractivity contribution < 1.29 is 32.2 Å². The van der Waals surface area contributed by atoms with Gasteiger partial charge in [-0.3, -0.25) is 4.79 Å². The van der Waals surface area contributed by atoms with Crippen molar-refractivity contribution in [1.82, 2.24) is 5.48 Å². The van der Waals surface area contributed by atoms with Gasteiger partial charge in [0.2, 0.25) is 0 Å². The monoisotopic (exact) mass is 220 g/mol. The van der Waals surface area contributed by atoms with Crippen LogP contribution >= 0.6 is 11.8 Å². The van der Waals surface area contributed by atoms with E-state index in [4.69, 9.17) is 10.3 Å².